The van der Waals surface area contributed by atoms with E-state index in [9.17, 15) is 24.3 Å². The van der Waals surface area contributed by atoms with E-state index >= 15 is 0 Å². The van der Waals surface area contributed by atoms with Gasteiger partial charge in [0.15, 0.2) is 0 Å². The van der Waals surface area contributed by atoms with Gasteiger partial charge in [-0.2, -0.15) is 0 Å². The quantitative estimate of drug-likeness (QED) is 0.482. The molecule has 1 heterocycles. The molecule has 3 amide bonds. The number of carboxylic acid groups (broad SMARTS) is 1. The van der Waals surface area contributed by atoms with Gasteiger partial charge in [-0.1, -0.05) is 48.5 Å². The lowest BCUT2D eigenvalue weighted by Gasteiger charge is -2.31. The van der Waals surface area contributed by atoms with Crippen LogP contribution in [0.15, 0.2) is 48.5 Å². The number of carbonyl (C=O) groups is 4. The second-order valence-electron chi connectivity index (χ2n) is 9.57. The summed E-state index contributed by atoms with van der Waals surface area (Å²) in [5, 5.41) is 17.1. The minimum Gasteiger partial charge on any atom is -0.481 e. The van der Waals surface area contributed by atoms with E-state index in [-0.39, 0.29) is 25.0 Å². The van der Waals surface area contributed by atoms with Crippen molar-refractivity contribution in [2.45, 2.75) is 37.3 Å². The first-order valence-corrected chi connectivity index (χ1v) is 11.7. The minimum absolute atomic E-state index is 0.0565. The molecule has 3 aliphatic rings. The van der Waals surface area contributed by atoms with Crippen molar-refractivity contribution in [3.63, 3.8) is 0 Å². The normalized spacial score (nSPS) is 22.4. The Morgan fingerprint density at radius 3 is 2.23 bits per heavy atom. The smallest absolute Gasteiger partial charge is 0.408 e. The van der Waals surface area contributed by atoms with E-state index in [1.165, 1.54) is 0 Å². The van der Waals surface area contributed by atoms with Crippen molar-refractivity contribution in [1.82, 2.24) is 16.0 Å². The molecule has 9 nitrogen and oxygen atoms in total. The van der Waals surface area contributed by atoms with Crippen LogP contribution in [0.1, 0.15) is 36.8 Å². The summed E-state index contributed by atoms with van der Waals surface area (Å²) in [6.07, 6.45) is 0.724. The predicted molar refractivity (Wildman–Crippen MR) is 125 cm³/mol. The molecular formula is C26H27N3O6. The van der Waals surface area contributed by atoms with Crippen molar-refractivity contribution in [2.75, 3.05) is 13.2 Å². The Bertz CT molecular complexity index is 1160. The van der Waals surface area contributed by atoms with E-state index in [4.69, 9.17) is 4.74 Å². The third-order valence-corrected chi connectivity index (χ3v) is 7.36. The van der Waals surface area contributed by atoms with E-state index < -0.39 is 41.4 Å². The molecule has 9 heteroatoms. The van der Waals surface area contributed by atoms with E-state index in [0.29, 0.717) is 0 Å². The highest BCUT2D eigenvalue weighted by Gasteiger charge is 2.51. The Hall–Kier alpha value is -3.88. The fourth-order valence-corrected chi connectivity index (χ4v) is 5.16. The maximum atomic E-state index is 13.2. The molecule has 1 saturated carbocycles. The summed E-state index contributed by atoms with van der Waals surface area (Å²) in [6, 6.07) is 14.8. The van der Waals surface area contributed by atoms with E-state index in [1.54, 1.807) is 6.92 Å². The molecule has 2 fully saturated rings. The maximum Gasteiger partial charge on any atom is 0.408 e. The van der Waals surface area contributed by atoms with Gasteiger partial charge in [-0.3, -0.25) is 14.4 Å². The van der Waals surface area contributed by atoms with E-state index in [1.807, 2.05) is 48.5 Å². The standard InChI is InChI=1S/C26H27N3O6/c1-26(14-10-11-14,24(33)28-21-19(23(31)32)12-27-22(21)30)29-25(34)35-13-20-17-8-4-2-6-15(17)16-7-3-5-9-18(16)20/h2-9,14,19-21H,10-13H2,1H3,(H,27,30)(H,28,33)(H,29,34)(H,31,32). The number of aliphatic carboxylic acids is 1. The molecule has 5 rings (SSSR count). The first-order chi connectivity index (χ1) is 16.8. The summed E-state index contributed by atoms with van der Waals surface area (Å²) < 4.78 is 5.61. The Balaban J connectivity index is 1.27. The molecule has 0 bridgehead atoms. The second kappa shape index (κ2) is 8.72. The van der Waals surface area contributed by atoms with Gasteiger partial charge < -0.3 is 25.8 Å². The number of hydrogen-bond donors (Lipinski definition) is 4. The van der Waals surface area contributed by atoms with Crippen molar-refractivity contribution in [3.8, 4) is 11.1 Å². The Morgan fingerprint density at radius 1 is 1.06 bits per heavy atom. The summed E-state index contributed by atoms with van der Waals surface area (Å²) in [4.78, 5) is 49.6. The van der Waals surface area contributed by atoms with Crippen LogP contribution in [0.4, 0.5) is 4.79 Å². The van der Waals surface area contributed by atoms with Crippen LogP contribution >= 0.6 is 0 Å². The number of nitrogens with one attached hydrogen (secondary N) is 3. The van der Waals surface area contributed by atoms with Crippen LogP contribution in [0.5, 0.6) is 0 Å². The number of benzene rings is 2. The first-order valence-electron chi connectivity index (χ1n) is 11.7. The number of carboxylic acids is 1. The number of alkyl carbamates (subject to hydrolysis) is 1. The molecule has 182 valence electrons. The summed E-state index contributed by atoms with van der Waals surface area (Å²) in [7, 11) is 0. The van der Waals surface area contributed by atoms with Gasteiger partial charge in [-0.15, -0.1) is 0 Å². The molecule has 2 aliphatic carbocycles. The molecule has 1 aliphatic heterocycles. The summed E-state index contributed by atoms with van der Waals surface area (Å²) >= 11 is 0. The van der Waals surface area contributed by atoms with Gasteiger partial charge in [-0.05, 0) is 47.9 Å². The number of ether oxygens (including phenoxy) is 1. The Labute approximate surface area is 202 Å². The fraction of sp³-hybridized carbons (Fsp3) is 0.385. The molecule has 0 radical (unpaired) electrons. The van der Waals surface area contributed by atoms with Gasteiger partial charge in [-0.25, -0.2) is 4.79 Å². The van der Waals surface area contributed by atoms with Crippen molar-refractivity contribution >= 4 is 23.9 Å². The molecule has 3 atom stereocenters. The van der Waals surface area contributed by atoms with Crippen molar-refractivity contribution in [3.05, 3.63) is 59.7 Å². The topological polar surface area (TPSA) is 134 Å². The van der Waals surface area contributed by atoms with Crippen LogP contribution in [0, 0.1) is 11.8 Å². The van der Waals surface area contributed by atoms with Crippen molar-refractivity contribution in [1.29, 1.82) is 0 Å². The lowest BCUT2D eigenvalue weighted by Crippen LogP contribution is -2.61. The summed E-state index contributed by atoms with van der Waals surface area (Å²) in [5.74, 6) is -3.63. The average molecular weight is 478 g/mol. The predicted octanol–water partition coefficient (Wildman–Crippen LogP) is 2.01. The van der Waals surface area contributed by atoms with Gasteiger partial charge in [0, 0.05) is 12.5 Å². The second-order valence-corrected chi connectivity index (χ2v) is 9.57. The lowest BCUT2D eigenvalue weighted by molar-refractivity contribution is -0.143. The molecule has 2 aromatic carbocycles. The number of rotatable bonds is 7. The van der Waals surface area contributed by atoms with Crippen LogP contribution in [0.2, 0.25) is 0 Å². The van der Waals surface area contributed by atoms with E-state index in [2.05, 4.69) is 16.0 Å². The number of hydrogen-bond acceptors (Lipinski definition) is 5. The van der Waals surface area contributed by atoms with Crippen LogP contribution in [-0.4, -0.2) is 53.7 Å². The van der Waals surface area contributed by atoms with Crippen molar-refractivity contribution in [2.24, 2.45) is 11.8 Å². The van der Waals surface area contributed by atoms with Crippen LogP contribution in [0.25, 0.3) is 11.1 Å². The van der Waals surface area contributed by atoms with Gasteiger partial charge in [0.05, 0.1) is 0 Å². The van der Waals surface area contributed by atoms with Gasteiger partial charge in [0.2, 0.25) is 11.8 Å². The Morgan fingerprint density at radius 2 is 1.66 bits per heavy atom. The van der Waals surface area contributed by atoms with Gasteiger partial charge >= 0.3 is 12.1 Å². The van der Waals surface area contributed by atoms with E-state index in [0.717, 1.165) is 35.1 Å². The average Bonchev–Trinajstić information content (AvgIpc) is 3.58. The van der Waals surface area contributed by atoms with Crippen LogP contribution < -0.4 is 16.0 Å². The maximum absolute atomic E-state index is 13.2. The van der Waals surface area contributed by atoms with Crippen LogP contribution in [-0.2, 0) is 19.1 Å². The third kappa shape index (κ3) is 4.11. The molecule has 4 N–H and O–H groups in total. The Kier molecular flexibility index (Phi) is 5.70. The SMILES string of the molecule is CC(NC(=O)OCC1c2ccccc2-c2ccccc21)(C(=O)NC1C(=O)NCC1C(=O)O)C1CC1. The number of fused-ring (bicyclic) bond motifs is 3. The largest absolute Gasteiger partial charge is 0.481 e. The summed E-state index contributed by atoms with van der Waals surface area (Å²) in [5.41, 5.74) is 3.06. The molecule has 0 aromatic heterocycles. The highest BCUT2D eigenvalue weighted by molar-refractivity contribution is 5.98. The number of carbonyl (C=O) groups excluding carboxylic acids is 3. The van der Waals surface area contributed by atoms with Crippen LogP contribution in [0.3, 0.4) is 0 Å². The highest BCUT2D eigenvalue weighted by Crippen LogP contribution is 2.44. The zero-order valence-corrected chi connectivity index (χ0v) is 19.2. The zero-order chi connectivity index (χ0) is 24.7. The molecule has 35 heavy (non-hydrogen) atoms. The lowest BCUT2D eigenvalue weighted by atomic mass is 9.93. The van der Waals surface area contributed by atoms with Gasteiger partial charge in [0.25, 0.3) is 0 Å². The minimum atomic E-state index is -1.32. The monoisotopic (exact) mass is 477 g/mol. The molecule has 3 unspecified atom stereocenters. The first kappa shape index (κ1) is 22.9. The fourth-order valence-electron chi connectivity index (χ4n) is 5.16. The third-order valence-electron chi connectivity index (χ3n) is 7.36. The molecular weight excluding hydrogens is 450 g/mol. The summed E-state index contributed by atoms with van der Waals surface area (Å²) in [6.45, 7) is 1.64. The van der Waals surface area contributed by atoms with Gasteiger partial charge in [0.1, 0.15) is 24.1 Å². The zero-order valence-electron chi connectivity index (χ0n) is 19.2. The molecule has 1 saturated heterocycles. The highest BCUT2D eigenvalue weighted by atomic mass is 16.5. The van der Waals surface area contributed by atoms with Crippen molar-refractivity contribution < 1.29 is 29.0 Å². The molecule has 0 spiro atoms. The molecule has 2 aromatic rings. The number of amides is 3.